The lowest BCUT2D eigenvalue weighted by molar-refractivity contribution is -0.143. The quantitative estimate of drug-likeness (QED) is 0.0320. The molecule has 0 saturated heterocycles. The minimum atomic E-state index is -0.842. The van der Waals surface area contributed by atoms with Gasteiger partial charge in [0.1, 0.15) is 0 Å². The summed E-state index contributed by atoms with van der Waals surface area (Å²) in [5.41, 5.74) is 0. The van der Waals surface area contributed by atoms with Gasteiger partial charge in [-0.1, -0.05) is 321 Å². The Balaban J connectivity index is 3.36. The molecule has 0 aromatic rings. The summed E-state index contributed by atoms with van der Waals surface area (Å²) in [6.45, 7) is 4.92. The molecule has 0 aliphatic heterocycles. The molecule has 6 nitrogen and oxygen atoms in total. The van der Waals surface area contributed by atoms with Crippen LogP contribution in [0.4, 0.5) is 0 Å². The van der Waals surface area contributed by atoms with Gasteiger partial charge in [0, 0.05) is 12.8 Å². The monoisotopic (exact) mass is 1030 g/mol. The van der Waals surface area contributed by atoms with Gasteiger partial charge in [0.05, 0.1) is 25.4 Å². The molecule has 0 rings (SSSR count). The van der Waals surface area contributed by atoms with Gasteiger partial charge in [-0.3, -0.25) is 9.59 Å². The van der Waals surface area contributed by atoms with Gasteiger partial charge in [0.2, 0.25) is 5.91 Å². The Morgan fingerprint density at radius 2 is 0.644 bits per heavy atom. The first-order valence-electron chi connectivity index (χ1n) is 33.1. The average molecular weight is 1030 g/mol. The molecule has 1 amide bonds. The van der Waals surface area contributed by atoms with Crippen molar-refractivity contribution in [3.8, 4) is 0 Å². The third-order valence-corrected chi connectivity index (χ3v) is 15.5. The van der Waals surface area contributed by atoms with Gasteiger partial charge in [-0.2, -0.15) is 0 Å². The van der Waals surface area contributed by atoms with E-state index in [0.29, 0.717) is 19.4 Å². The number of nitrogens with one attached hydrogen (secondary N) is 1. The second-order valence-electron chi connectivity index (χ2n) is 22.8. The van der Waals surface area contributed by atoms with Crippen LogP contribution in [0.1, 0.15) is 367 Å². The van der Waals surface area contributed by atoms with Crippen LogP contribution in [0, 0.1) is 0 Å². The summed E-state index contributed by atoms with van der Waals surface area (Å²) in [7, 11) is 0. The molecule has 0 aliphatic rings. The molecule has 3 N–H and O–H groups in total. The van der Waals surface area contributed by atoms with Crippen LogP contribution in [-0.4, -0.2) is 47.4 Å². The molecule has 0 bridgehead atoms. The summed E-state index contributed by atoms with van der Waals surface area (Å²) in [4.78, 5) is 24.5. The zero-order chi connectivity index (χ0) is 52.9. The predicted octanol–water partition coefficient (Wildman–Crippen LogP) is 21.0. The lowest BCUT2D eigenvalue weighted by atomic mass is 10.0. The van der Waals surface area contributed by atoms with Crippen molar-refractivity contribution >= 4 is 11.9 Å². The van der Waals surface area contributed by atoms with Gasteiger partial charge in [0.15, 0.2) is 0 Å². The molecule has 0 saturated carbocycles. The van der Waals surface area contributed by atoms with Crippen LogP contribution in [0.3, 0.4) is 0 Å². The zero-order valence-electron chi connectivity index (χ0n) is 49.4. The van der Waals surface area contributed by atoms with Crippen molar-refractivity contribution in [1.29, 1.82) is 0 Å². The molecule has 0 heterocycles. The van der Waals surface area contributed by atoms with Gasteiger partial charge in [-0.15, -0.1) is 0 Å². The highest BCUT2D eigenvalue weighted by Crippen LogP contribution is 2.18. The first-order chi connectivity index (χ1) is 36.0. The molecule has 73 heavy (non-hydrogen) atoms. The second kappa shape index (κ2) is 62.9. The number of esters is 1. The number of carbonyl (C=O) groups is 2. The van der Waals surface area contributed by atoms with E-state index in [9.17, 15) is 19.8 Å². The van der Waals surface area contributed by atoms with Crippen molar-refractivity contribution in [1.82, 2.24) is 5.32 Å². The summed E-state index contributed by atoms with van der Waals surface area (Å²) in [5.74, 6) is -0.0462. The Kier molecular flexibility index (Phi) is 61.4. The van der Waals surface area contributed by atoms with Gasteiger partial charge >= 0.3 is 5.97 Å². The van der Waals surface area contributed by atoms with Gasteiger partial charge in [-0.05, 0) is 57.8 Å². The molecule has 432 valence electrons. The Bertz CT molecular complexity index is 1140. The average Bonchev–Trinajstić information content (AvgIpc) is 3.39. The van der Waals surface area contributed by atoms with Crippen LogP contribution in [0.15, 0.2) is 24.3 Å². The van der Waals surface area contributed by atoms with Crippen molar-refractivity contribution < 1.29 is 24.5 Å². The highest BCUT2D eigenvalue weighted by atomic mass is 16.5. The molecule has 2 unspecified atom stereocenters. The molecule has 2 atom stereocenters. The van der Waals surface area contributed by atoms with Gasteiger partial charge < -0.3 is 20.3 Å². The van der Waals surface area contributed by atoms with Crippen LogP contribution in [-0.2, 0) is 14.3 Å². The smallest absolute Gasteiger partial charge is 0.305 e. The van der Waals surface area contributed by atoms with E-state index in [0.717, 1.165) is 38.5 Å². The highest BCUT2D eigenvalue weighted by molar-refractivity contribution is 5.76. The van der Waals surface area contributed by atoms with Crippen molar-refractivity contribution in [2.24, 2.45) is 0 Å². The molecule has 6 heteroatoms. The normalized spacial score (nSPS) is 12.7. The lowest BCUT2D eigenvalue weighted by Gasteiger charge is -2.20. The highest BCUT2D eigenvalue weighted by Gasteiger charge is 2.18. The topological polar surface area (TPSA) is 95.9 Å². The van der Waals surface area contributed by atoms with Gasteiger partial charge in [-0.25, -0.2) is 0 Å². The molecule has 0 radical (unpaired) electrons. The Labute approximate surface area is 456 Å². The lowest BCUT2D eigenvalue weighted by Crippen LogP contribution is -2.45. The van der Waals surface area contributed by atoms with Crippen molar-refractivity contribution in [2.75, 3.05) is 13.2 Å². The second-order valence-corrected chi connectivity index (χ2v) is 22.8. The molecule has 0 fully saturated rings. The number of aliphatic hydroxyl groups excluding tert-OH is 2. The van der Waals surface area contributed by atoms with E-state index >= 15 is 0 Å². The number of rotatable bonds is 62. The fourth-order valence-corrected chi connectivity index (χ4v) is 10.4. The maximum absolute atomic E-state index is 12.5. The van der Waals surface area contributed by atoms with Gasteiger partial charge in [0.25, 0.3) is 0 Å². The number of amides is 1. The maximum atomic E-state index is 12.5. The molecule has 0 aromatic carbocycles. The van der Waals surface area contributed by atoms with E-state index in [1.54, 1.807) is 6.08 Å². The number of hydrogen-bond donors (Lipinski definition) is 3. The van der Waals surface area contributed by atoms with Crippen molar-refractivity contribution in [3.63, 3.8) is 0 Å². The third-order valence-electron chi connectivity index (χ3n) is 15.5. The molecule has 0 spiro atoms. The summed E-state index contributed by atoms with van der Waals surface area (Å²) in [6.07, 6.45) is 78.2. The van der Waals surface area contributed by atoms with Crippen LogP contribution in [0.2, 0.25) is 0 Å². The predicted molar refractivity (Wildman–Crippen MR) is 320 cm³/mol. The summed E-state index contributed by atoms with van der Waals surface area (Å²) in [5, 5.41) is 23.1. The number of hydrogen-bond acceptors (Lipinski definition) is 5. The first-order valence-corrected chi connectivity index (χ1v) is 33.1. The SMILES string of the molecule is CCCCCCCCCCCCC/C=C/C(O)C(CO)NC(=O)CCCCCCCCCCCCCCCCC/C=C\CCCCCCCCCCCCCCOC(=O)CCCCCCCCCCCCCC. The molecular weight excluding hydrogens is 899 g/mol. The Hall–Kier alpha value is -1.66. The molecular formula is C67H129NO5. The van der Waals surface area contributed by atoms with E-state index in [1.165, 1.54) is 302 Å². The Morgan fingerprint density at radius 1 is 0.370 bits per heavy atom. The summed E-state index contributed by atoms with van der Waals surface area (Å²) >= 11 is 0. The zero-order valence-corrected chi connectivity index (χ0v) is 49.4. The van der Waals surface area contributed by atoms with Crippen molar-refractivity contribution in [2.45, 2.75) is 379 Å². The standard InChI is InChI=1S/C67H129NO5/c1-3-5-7-9-11-13-15-36-39-43-47-51-55-59-65(70)64(63-69)68-66(71)60-56-52-48-44-40-37-34-32-30-28-26-24-22-20-18-17-19-21-23-25-27-29-31-33-35-38-42-46-50-54-58-62-73-67(72)61-57-53-49-45-41-16-14-12-10-8-6-4-2/h19,21,55,59,64-65,69-70H,3-18,20,22-54,56-58,60-63H2,1-2H3,(H,68,71)/b21-19-,59-55+. The van der Waals surface area contributed by atoms with E-state index in [-0.39, 0.29) is 18.5 Å². The number of ether oxygens (including phenoxy) is 1. The minimum Gasteiger partial charge on any atom is -0.466 e. The largest absolute Gasteiger partial charge is 0.466 e. The van der Waals surface area contributed by atoms with E-state index in [1.807, 2.05) is 6.08 Å². The van der Waals surface area contributed by atoms with E-state index in [4.69, 9.17) is 4.74 Å². The number of allylic oxidation sites excluding steroid dienone is 3. The van der Waals surface area contributed by atoms with E-state index < -0.39 is 12.1 Å². The van der Waals surface area contributed by atoms with Crippen LogP contribution >= 0.6 is 0 Å². The maximum Gasteiger partial charge on any atom is 0.305 e. The third kappa shape index (κ3) is 59.4. The van der Waals surface area contributed by atoms with E-state index in [2.05, 4.69) is 31.3 Å². The number of aliphatic hydroxyl groups is 2. The van der Waals surface area contributed by atoms with Crippen LogP contribution in [0.5, 0.6) is 0 Å². The number of carbonyl (C=O) groups excluding carboxylic acids is 2. The minimum absolute atomic E-state index is 0.0184. The first kappa shape index (κ1) is 71.3. The fraction of sp³-hybridized carbons (Fsp3) is 0.910. The van der Waals surface area contributed by atoms with Crippen molar-refractivity contribution in [3.05, 3.63) is 24.3 Å². The fourth-order valence-electron chi connectivity index (χ4n) is 10.4. The van der Waals surface area contributed by atoms with Crippen LogP contribution in [0.25, 0.3) is 0 Å². The summed E-state index contributed by atoms with van der Waals surface area (Å²) < 4.78 is 5.48. The Morgan fingerprint density at radius 3 is 0.973 bits per heavy atom. The summed E-state index contributed by atoms with van der Waals surface area (Å²) in [6, 6.07) is -0.625. The molecule has 0 aromatic heterocycles. The molecule has 0 aliphatic carbocycles. The number of unbranched alkanes of at least 4 members (excludes halogenated alkanes) is 49. The van der Waals surface area contributed by atoms with Crippen LogP contribution < -0.4 is 5.32 Å².